The highest BCUT2D eigenvalue weighted by Gasteiger charge is 2.02. The fraction of sp³-hybridized carbons (Fsp3) is 0.158. The molecule has 1 amide bonds. The lowest BCUT2D eigenvalue weighted by atomic mass is 10.2. The smallest absolute Gasteiger partial charge is 0.259 e. The minimum absolute atomic E-state index is 0.0831. The Bertz CT molecular complexity index is 781. The average molecular weight is 337 g/mol. The van der Waals surface area contributed by atoms with Crippen LogP contribution in [-0.4, -0.2) is 32.4 Å². The second-order valence-electron chi connectivity index (χ2n) is 4.91. The Morgan fingerprint density at radius 3 is 2.92 bits per heavy atom. The van der Waals surface area contributed by atoms with E-state index < -0.39 is 0 Å². The highest BCUT2D eigenvalue weighted by atomic mass is 16.5. The van der Waals surface area contributed by atoms with Crippen LogP contribution in [0.3, 0.4) is 0 Å². The molecule has 0 saturated carbocycles. The van der Waals surface area contributed by atoms with Gasteiger partial charge in [0.15, 0.2) is 0 Å². The summed E-state index contributed by atoms with van der Waals surface area (Å²) in [6.07, 6.45) is 6.69. The van der Waals surface area contributed by atoms with E-state index in [1.807, 2.05) is 36.4 Å². The van der Waals surface area contributed by atoms with Gasteiger partial charge in [-0.25, -0.2) is 5.43 Å². The summed E-state index contributed by atoms with van der Waals surface area (Å²) in [6, 6.07) is 14.6. The van der Waals surface area contributed by atoms with E-state index in [-0.39, 0.29) is 19.1 Å². The molecular formula is C19H19N3O3. The van der Waals surface area contributed by atoms with E-state index >= 15 is 0 Å². The maximum Gasteiger partial charge on any atom is 0.259 e. The van der Waals surface area contributed by atoms with E-state index in [0.29, 0.717) is 11.5 Å². The van der Waals surface area contributed by atoms with Crippen molar-refractivity contribution in [2.45, 2.75) is 0 Å². The van der Waals surface area contributed by atoms with Gasteiger partial charge in [0.05, 0.1) is 19.9 Å². The molecule has 0 aliphatic carbocycles. The summed E-state index contributed by atoms with van der Waals surface area (Å²) in [7, 11) is 1.59. The van der Waals surface area contributed by atoms with Gasteiger partial charge in [-0.2, -0.15) is 5.10 Å². The quantitative estimate of drug-likeness (QED) is 0.440. The first-order chi connectivity index (χ1) is 12.2. The maximum absolute atomic E-state index is 11.8. The Morgan fingerprint density at radius 1 is 1.28 bits per heavy atom. The van der Waals surface area contributed by atoms with Gasteiger partial charge >= 0.3 is 0 Å². The molecule has 2 N–H and O–H groups in total. The molecule has 0 aliphatic heterocycles. The Balaban J connectivity index is 1.85. The average Bonchev–Trinajstić information content (AvgIpc) is 2.65. The number of nitrogens with zero attached hydrogens (tertiary/aromatic N) is 1. The van der Waals surface area contributed by atoms with Gasteiger partial charge in [0.25, 0.3) is 5.91 Å². The van der Waals surface area contributed by atoms with Gasteiger partial charge in [0.1, 0.15) is 18.1 Å². The summed E-state index contributed by atoms with van der Waals surface area (Å²) >= 11 is 0. The summed E-state index contributed by atoms with van der Waals surface area (Å²) in [6.45, 7) is 0.251. The Labute approximate surface area is 146 Å². The van der Waals surface area contributed by atoms with Crippen LogP contribution in [0.2, 0.25) is 0 Å². The van der Waals surface area contributed by atoms with Gasteiger partial charge in [-0.15, -0.1) is 6.42 Å². The van der Waals surface area contributed by atoms with Gasteiger partial charge in [-0.1, -0.05) is 24.1 Å². The van der Waals surface area contributed by atoms with Gasteiger partial charge in [0.2, 0.25) is 0 Å². The Hall–Kier alpha value is -3.46. The highest BCUT2D eigenvalue weighted by Crippen LogP contribution is 2.16. The molecule has 0 bridgehead atoms. The number of carbonyl (C=O) groups excluding carboxylic acids is 1. The topological polar surface area (TPSA) is 72.0 Å². The number of hydrogen-bond acceptors (Lipinski definition) is 5. The van der Waals surface area contributed by atoms with Crippen molar-refractivity contribution in [3.05, 3.63) is 54.1 Å². The number of hydrazone groups is 1. The molecule has 0 unspecified atom stereocenters. The molecule has 0 atom stereocenters. The fourth-order valence-electron chi connectivity index (χ4n) is 1.97. The molecule has 0 saturated heterocycles. The minimum Gasteiger partial charge on any atom is -0.497 e. The summed E-state index contributed by atoms with van der Waals surface area (Å²) < 4.78 is 10.5. The molecule has 0 spiro atoms. The van der Waals surface area contributed by atoms with Crippen LogP contribution in [0.25, 0.3) is 0 Å². The third-order valence-corrected chi connectivity index (χ3v) is 3.15. The van der Waals surface area contributed by atoms with Crippen LogP contribution in [0.1, 0.15) is 5.56 Å². The molecule has 128 valence electrons. The molecule has 6 nitrogen and oxygen atoms in total. The first-order valence-corrected chi connectivity index (χ1v) is 7.58. The van der Waals surface area contributed by atoms with E-state index in [1.165, 1.54) is 6.21 Å². The van der Waals surface area contributed by atoms with Gasteiger partial charge in [0, 0.05) is 17.3 Å². The fourth-order valence-corrected chi connectivity index (χ4v) is 1.97. The van der Waals surface area contributed by atoms with E-state index in [0.717, 1.165) is 11.3 Å². The molecule has 25 heavy (non-hydrogen) atoms. The number of carbonyl (C=O) groups is 1. The second kappa shape index (κ2) is 9.63. The molecule has 0 aromatic heterocycles. The SMILES string of the molecule is C#CCOc1ccccc1/C=N\NC(=O)CNc1cccc(OC)c1. The number of anilines is 1. The second-order valence-corrected chi connectivity index (χ2v) is 4.91. The molecule has 0 aliphatic rings. The van der Waals surface area contributed by atoms with E-state index in [2.05, 4.69) is 21.8 Å². The number of terminal acetylenes is 1. The normalized spacial score (nSPS) is 10.1. The third kappa shape index (κ3) is 5.92. The predicted molar refractivity (Wildman–Crippen MR) is 98.0 cm³/mol. The summed E-state index contributed by atoms with van der Waals surface area (Å²) in [5.74, 6) is 3.45. The molecule has 2 aromatic carbocycles. The first-order valence-electron chi connectivity index (χ1n) is 7.58. The largest absolute Gasteiger partial charge is 0.497 e. The summed E-state index contributed by atoms with van der Waals surface area (Å²) in [5, 5.41) is 6.93. The van der Waals surface area contributed by atoms with Crippen LogP contribution in [0.5, 0.6) is 11.5 Å². The van der Waals surface area contributed by atoms with Crippen LogP contribution >= 0.6 is 0 Å². The molecular weight excluding hydrogens is 318 g/mol. The van der Waals surface area contributed by atoms with Crippen molar-refractivity contribution in [3.63, 3.8) is 0 Å². The van der Waals surface area contributed by atoms with Crippen LogP contribution in [0.4, 0.5) is 5.69 Å². The lowest BCUT2D eigenvalue weighted by molar-refractivity contribution is -0.119. The number of rotatable bonds is 8. The minimum atomic E-state index is -0.277. The van der Waals surface area contributed by atoms with Crippen LogP contribution in [0.15, 0.2) is 53.6 Å². The van der Waals surface area contributed by atoms with Gasteiger partial charge < -0.3 is 14.8 Å². The van der Waals surface area contributed by atoms with Crippen molar-refractivity contribution in [2.75, 3.05) is 25.6 Å². The summed E-state index contributed by atoms with van der Waals surface area (Å²) in [5.41, 5.74) is 3.96. The maximum atomic E-state index is 11.8. The van der Waals surface area contributed by atoms with Crippen LogP contribution in [0, 0.1) is 12.3 Å². The molecule has 6 heteroatoms. The molecule has 2 aromatic rings. The number of ether oxygens (including phenoxy) is 2. The number of hydrogen-bond donors (Lipinski definition) is 2. The van der Waals surface area contributed by atoms with Crippen molar-refractivity contribution < 1.29 is 14.3 Å². The number of para-hydroxylation sites is 1. The van der Waals surface area contributed by atoms with Crippen molar-refractivity contribution in [3.8, 4) is 23.8 Å². The van der Waals surface area contributed by atoms with Crippen LogP contribution in [-0.2, 0) is 4.79 Å². The lowest BCUT2D eigenvalue weighted by Gasteiger charge is -2.07. The molecule has 0 heterocycles. The van der Waals surface area contributed by atoms with Crippen molar-refractivity contribution >= 4 is 17.8 Å². The zero-order valence-electron chi connectivity index (χ0n) is 13.9. The summed E-state index contributed by atoms with van der Waals surface area (Å²) in [4.78, 5) is 11.8. The molecule has 2 rings (SSSR count). The zero-order chi connectivity index (χ0) is 17.9. The number of nitrogens with one attached hydrogen (secondary N) is 2. The molecule has 0 radical (unpaired) electrons. The number of methoxy groups -OCH3 is 1. The number of benzene rings is 2. The lowest BCUT2D eigenvalue weighted by Crippen LogP contribution is -2.25. The number of amides is 1. The van der Waals surface area contributed by atoms with Crippen molar-refractivity contribution in [1.29, 1.82) is 0 Å². The van der Waals surface area contributed by atoms with Crippen molar-refractivity contribution in [1.82, 2.24) is 5.43 Å². The zero-order valence-corrected chi connectivity index (χ0v) is 13.9. The monoisotopic (exact) mass is 337 g/mol. The predicted octanol–water partition coefficient (Wildman–Crippen LogP) is 2.27. The van der Waals surface area contributed by atoms with E-state index in [1.54, 1.807) is 19.2 Å². The standard InChI is InChI=1S/C19H19N3O3/c1-3-11-25-18-10-5-4-7-15(18)13-21-22-19(23)14-20-16-8-6-9-17(12-16)24-2/h1,4-10,12-13,20H,11,14H2,2H3,(H,22,23)/b21-13-. The highest BCUT2D eigenvalue weighted by molar-refractivity contribution is 5.86. The Kier molecular flexibility index (Phi) is 6.89. The van der Waals surface area contributed by atoms with Crippen molar-refractivity contribution in [2.24, 2.45) is 5.10 Å². The van der Waals surface area contributed by atoms with Crippen LogP contribution < -0.4 is 20.2 Å². The van der Waals surface area contributed by atoms with E-state index in [9.17, 15) is 4.79 Å². The third-order valence-electron chi connectivity index (χ3n) is 3.15. The van der Waals surface area contributed by atoms with E-state index in [4.69, 9.17) is 15.9 Å². The first kappa shape index (κ1) is 17.9. The Morgan fingerprint density at radius 2 is 2.12 bits per heavy atom. The van der Waals surface area contributed by atoms with Gasteiger partial charge in [-0.3, -0.25) is 4.79 Å². The van der Waals surface area contributed by atoms with Gasteiger partial charge in [-0.05, 0) is 24.3 Å². The molecule has 0 fully saturated rings.